The third kappa shape index (κ3) is 3.19. The van der Waals surface area contributed by atoms with Gasteiger partial charge >= 0.3 is 0 Å². The molecule has 25 heavy (non-hydrogen) atoms. The molecule has 0 radical (unpaired) electrons. The lowest BCUT2D eigenvalue weighted by Gasteiger charge is -2.25. The van der Waals surface area contributed by atoms with Crippen molar-refractivity contribution >= 4 is 5.91 Å². The highest BCUT2D eigenvalue weighted by molar-refractivity contribution is 5.81. The maximum absolute atomic E-state index is 12.4. The topological polar surface area (TPSA) is 65.4 Å². The van der Waals surface area contributed by atoms with Gasteiger partial charge in [-0.2, -0.15) is 0 Å². The molecule has 1 N–H and O–H groups in total. The number of nitrogens with one attached hydrogen (secondary N) is 1. The van der Waals surface area contributed by atoms with Crippen LogP contribution in [-0.2, 0) is 11.3 Å². The van der Waals surface area contributed by atoms with E-state index >= 15 is 0 Å². The molecule has 2 aromatic carbocycles. The van der Waals surface area contributed by atoms with Crippen LogP contribution in [0.2, 0.25) is 0 Å². The zero-order chi connectivity index (χ0) is 17.1. The molecule has 0 bridgehead atoms. The molecular formula is C19H17N3O3. The lowest BCUT2D eigenvalue weighted by Crippen LogP contribution is -2.43. The molecule has 2 heterocycles. The number of para-hydroxylation sites is 3. The van der Waals surface area contributed by atoms with Gasteiger partial charge in [-0.05, 0) is 23.8 Å². The fourth-order valence-electron chi connectivity index (χ4n) is 2.76. The number of fused-ring (bicyclic) bond motifs is 1. The van der Waals surface area contributed by atoms with Gasteiger partial charge in [0.15, 0.2) is 11.5 Å². The number of carbonyl (C=O) groups excluding carboxylic acids is 1. The van der Waals surface area contributed by atoms with Crippen molar-refractivity contribution in [1.82, 2.24) is 14.9 Å². The summed E-state index contributed by atoms with van der Waals surface area (Å²) in [6.45, 7) is 0.598. The van der Waals surface area contributed by atoms with Crippen molar-refractivity contribution in [3.05, 3.63) is 72.8 Å². The van der Waals surface area contributed by atoms with E-state index in [2.05, 4.69) is 10.3 Å². The molecular weight excluding hydrogens is 318 g/mol. The van der Waals surface area contributed by atoms with Gasteiger partial charge in [-0.25, -0.2) is 4.98 Å². The second kappa shape index (κ2) is 6.68. The second-order valence-corrected chi connectivity index (χ2v) is 5.68. The van der Waals surface area contributed by atoms with Crippen LogP contribution in [0.5, 0.6) is 11.5 Å². The van der Waals surface area contributed by atoms with Gasteiger partial charge in [-0.15, -0.1) is 0 Å². The maximum atomic E-state index is 12.4. The molecule has 1 aromatic heterocycles. The number of amides is 1. The average molecular weight is 335 g/mol. The highest BCUT2D eigenvalue weighted by Crippen LogP contribution is 2.30. The van der Waals surface area contributed by atoms with E-state index in [9.17, 15) is 4.79 Å². The third-order valence-electron chi connectivity index (χ3n) is 4.03. The molecule has 4 rings (SSSR count). The van der Waals surface area contributed by atoms with Crippen LogP contribution in [0.4, 0.5) is 0 Å². The average Bonchev–Trinajstić information content (AvgIpc) is 3.20. The van der Waals surface area contributed by atoms with Crippen molar-refractivity contribution < 1.29 is 14.3 Å². The number of hydrogen-bond donors (Lipinski definition) is 1. The summed E-state index contributed by atoms with van der Waals surface area (Å²) in [5.74, 6) is 1.06. The Labute approximate surface area is 145 Å². The van der Waals surface area contributed by atoms with E-state index in [1.54, 1.807) is 18.6 Å². The maximum Gasteiger partial charge on any atom is 0.264 e. The Hall–Kier alpha value is -3.28. The van der Waals surface area contributed by atoms with E-state index in [-0.39, 0.29) is 12.5 Å². The normalized spacial score (nSPS) is 15.6. The number of rotatable bonds is 4. The Balaban J connectivity index is 1.44. The zero-order valence-electron chi connectivity index (χ0n) is 13.5. The molecule has 126 valence electrons. The predicted molar refractivity (Wildman–Crippen MR) is 91.8 cm³/mol. The van der Waals surface area contributed by atoms with Crippen LogP contribution < -0.4 is 14.8 Å². The van der Waals surface area contributed by atoms with Crippen LogP contribution >= 0.6 is 0 Å². The minimum Gasteiger partial charge on any atom is -0.485 e. The van der Waals surface area contributed by atoms with Crippen LogP contribution in [0.3, 0.4) is 0 Å². The van der Waals surface area contributed by atoms with E-state index in [4.69, 9.17) is 9.47 Å². The standard InChI is InChI=1S/C19H17N3O3/c23-19(18-12-24-16-7-3-4-8-17(16)25-18)21-11-14-5-1-2-6-15(14)22-10-9-20-13-22/h1-10,13,18H,11-12H2,(H,21,23)/t18-/m1/s1. The first-order valence-corrected chi connectivity index (χ1v) is 8.04. The molecule has 1 amide bonds. The monoisotopic (exact) mass is 335 g/mol. The summed E-state index contributed by atoms with van der Waals surface area (Å²) >= 11 is 0. The summed E-state index contributed by atoms with van der Waals surface area (Å²) in [6, 6.07) is 15.2. The van der Waals surface area contributed by atoms with Gasteiger partial charge in [0.1, 0.15) is 6.61 Å². The van der Waals surface area contributed by atoms with E-state index in [0.29, 0.717) is 18.0 Å². The van der Waals surface area contributed by atoms with E-state index in [1.807, 2.05) is 53.2 Å². The van der Waals surface area contributed by atoms with Crippen LogP contribution in [0.25, 0.3) is 5.69 Å². The van der Waals surface area contributed by atoms with Gasteiger partial charge in [0.05, 0.1) is 12.0 Å². The fourth-order valence-corrected chi connectivity index (χ4v) is 2.76. The second-order valence-electron chi connectivity index (χ2n) is 5.68. The predicted octanol–water partition coefficient (Wildman–Crippen LogP) is 2.33. The summed E-state index contributed by atoms with van der Waals surface area (Å²) in [5, 5.41) is 2.92. The van der Waals surface area contributed by atoms with Crippen LogP contribution in [0.1, 0.15) is 5.56 Å². The quantitative estimate of drug-likeness (QED) is 0.795. The van der Waals surface area contributed by atoms with Gasteiger partial charge in [0.25, 0.3) is 5.91 Å². The summed E-state index contributed by atoms with van der Waals surface area (Å²) in [4.78, 5) is 16.5. The van der Waals surface area contributed by atoms with Crippen LogP contribution in [0.15, 0.2) is 67.3 Å². The van der Waals surface area contributed by atoms with Crippen molar-refractivity contribution in [2.24, 2.45) is 0 Å². The molecule has 0 saturated heterocycles. The molecule has 1 aliphatic heterocycles. The number of ether oxygens (including phenoxy) is 2. The van der Waals surface area contributed by atoms with Gasteiger partial charge in [-0.1, -0.05) is 30.3 Å². The van der Waals surface area contributed by atoms with Crippen molar-refractivity contribution in [3.63, 3.8) is 0 Å². The number of benzene rings is 2. The number of carbonyl (C=O) groups is 1. The van der Waals surface area contributed by atoms with Crippen molar-refractivity contribution in [3.8, 4) is 17.2 Å². The molecule has 0 saturated carbocycles. The Morgan fingerprint density at radius 3 is 2.80 bits per heavy atom. The first-order chi connectivity index (χ1) is 12.3. The number of hydrogen-bond acceptors (Lipinski definition) is 4. The van der Waals surface area contributed by atoms with Gasteiger partial charge in [-0.3, -0.25) is 4.79 Å². The summed E-state index contributed by atoms with van der Waals surface area (Å²) in [5.41, 5.74) is 1.97. The van der Waals surface area contributed by atoms with Gasteiger partial charge in [0.2, 0.25) is 6.10 Å². The largest absolute Gasteiger partial charge is 0.485 e. The van der Waals surface area contributed by atoms with Gasteiger partial charge in [0, 0.05) is 18.9 Å². The smallest absolute Gasteiger partial charge is 0.264 e. The molecule has 6 heteroatoms. The van der Waals surface area contributed by atoms with E-state index in [0.717, 1.165) is 11.3 Å². The molecule has 3 aromatic rings. The Kier molecular flexibility index (Phi) is 4.08. The minimum atomic E-state index is -0.657. The molecule has 0 unspecified atom stereocenters. The van der Waals surface area contributed by atoms with E-state index < -0.39 is 6.10 Å². The van der Waals surface area contributed by atoms with Gasteiger partial charge < -0.3 is 19.4 Å². The highest BCUT2D eigenvalue weighted by Gasteiger charge is 2.27. The van der Waals surface area contributed by atoms with Crippen LogP contribution in [0, 0.1) is 0 Å². The fraction of sp³-hybridized carbons (Fsp3) is 0.158. The molecule has 0 fully saturated rings. The molecule has 6 nitrogen and oxygen atoms in total. The molecule has 0 aliphatic carbocycles. The highest BCUT2D eigenvalue weighted by atomic mass is 16.6. The molecule has 1 aliphatic rings. The Morgan fingerprint density at radius 2 is 1.96 bits per heavy atom. The lowest BCUT2D eigenvalue weighted by molar-refractivity contribution is -0.130. The number of aromatic nitrogens is 2. The molecule has 0 spiro atoms. The van der Waals surface area contributed by atoms with Crippen molar-refractivity contribution in [1.29, 1.82) is 0 Å². The summed E-state index contributed by atoms with van der Waals surface area (Å²) < 4.78 is 13.2. The number of imidazole rings is 1. The first kappa shape index (κ1) is 15.3. The Morgan fingerprint density at radius 1 is 1.16 bits per heavy atom. The Bertz CT molecular complexity index is 877. The summed E-state index contributed by atoms with van der Waals surface area (Å²) in [6.07, 6.45) is 4.67. The van der Waals surface area contributed by atoms with Crippen molar-refractivity contribution in [2.45, 2.75) is 12.6 Å². The number of nitrogens with zero attached hydrogens (tertiary/aromatic N) is 2. The zero-order valence-corrected chi connectivity index (χ0v) is 13.5. The minimum absolute atomic E-state index is 0.199. The third-order valence-corrected chi connectivity index (χ3v) is 4.03. The summed E-state index contributed by atoms with van der Waals surface area (Å²) in [7, 11) is 0. The SMILES string of the molecule is O=C(NCc1ccccc1-n1ccnc1)[C@H]1COc2ccccc2O1. The van der Waals surface area contributed by atoms with E-state index in [1.165, 1.54) is 0 Å². The van der Waals surface area contributed by atoms with Crippen LogP contribution in [-0.4, -0.2) is 28.2 Å². The molecule has 1 atom stereocenters. The van der Waals surface area contributed by atoms with Crippen molar-refractivity contribution in [2.75, 3.05) is 6.61 Å². The first-order valence-electron chi connectivity index (χ1n) is 8.04. The lowest BCUT2D eigenvalue weighted by atomic mass is 10.1.